The molecule has 1 rings (SSSR count). The van der Waals surface area contributed by atoms with Gasteiger partial charge in [0.05, 0.1) is 18.7 Å². The van der Waals surface area contributed by atoms with Crippen molar-refractivity contribution in [3.05, 3.63) is 22.2 Å². The SMILES string of the molecule is CCC(C)NC(=NC)NCc1cc(Br)c(OC)c(OC)c1. The summed E-state index contributed by atoms with van der Waals surface area (Å²) in [6, 6.07) is 4.34. The maximum Gasteiger partial charge on any atom is 0.191 e. The monoisotopic (exact) mass is 357 g/mol. The highest BCUT2D eigenvalue weighted by Gasteiger charge is 2.11. The molecule has 1 unspecified atom stereocenters. The molecule has 0 aliphatic carbocycles. The molecule has 2 N–H and O–H groups in total. The Morgan fingerprint density at radius 2 is 2.05 bits per heavy atom. The Kier molecular flexibility index (Phi) is 7.36. The minimum absolute atomic E-state index is 0.383. The van der Waals surface area contributed by atoms with E-state index >= 15 is 0 Å². The van der Waals surface area contributed by atoms with Crippen LogP contribution in [0.3, 0.4) is 0 Å². The molecule has 0 bridgehead atoms. The normalized spacial score (nSPS) is 12.8. The zero-order valence-electron chi connectivity index (χ0n) is 13.3. The Balaban J connectivity index is 2.77. The molecule has 0 fully saturated rings. The van der Waals surface area contributed by atoms with Crippen LogP contribution in [-0.4, -0.2) is 33.3 Å². The molecule has 0 spiro atoms. The van der Waals surface area contributed by atoms with Gasteiger partial charge in [0.1, 0.15) is 0 Å². The topological polar surface area (TPSA) is 54.9 Å². The number of guanidine groups is 1. The summed E-state index contributed by atoms with van der Waals surface area (Å²) in [7, 11) is 5.02. The summed E-state index contributed by atoms with van der Waals surface area (Å²) in [5, 5.41) is 6.61. The lowest BCUT2D eigenvalue weighted by Gasteiger charge is -2.17. The molecule has 0 aromatic heterocycles. The number of hydrogen-bond acceptors (Lipinski definition) is 3. The van der Waals surface area contributed by atoms with Crippen LogP contribution in [0.1, 0.15) is 25.8 Å². The van der Waals surface area contributed by atoms with Crippen LogP contribution < -0.4 is 20.1 Å². The summed E-state index contributed by atoms with van der Waals surface area (Å²) in [5.41, 5.74) is 1.08. The molecule has 0 amide bonds. The highest BCUT2D eigenvalue weighted by Crippen LogP contribution is 2.36. The molecule has 0 radical (unpaired) electrons. The highest BCUT2D eigenvalue weighted by atomic mass is 79.9. The fourth-order valence-electron chi connectivity index (χ4n) is 1.79. The van der Waals surface area contributed by atoms with Crippen LogP contribution in [0.5, 0.6) is 11.5 Å². The van der Waals surface area contributed by atoms with Crippen molar-refractivity contribution in [1.29, 1.82) is 0 Å². The molecule has 0 saturated heterocycles. The Labute approximate surface area is 135 Å². The number of benzene rings is 1. The lowest BCUT2D eigenvalue weighted by atomic mass is 10.2. The molecule has 21 heavy (non-hydrogen) atoms. The first-order chi connectivity index (χ1) is 10.0. The van der Waals surface area contributed by atoms with E-state index in [1.54, 1.807) is 21.3 Å². The fraction of sp³-hybridized carbons (Fsp3) is 0.533. The standard InChI is InChI=1S/C15H24BrN3O2/c1-6-10(2)19-15(17-3)18-9-11-7-12(16)14(21-5)13(8-11)20-4/h7-8,10H,6,9H2,1-5H3,(H2,17,18,19). The van der Waals surface area contributed by atoms with Crippen LogP contribution in [0.25, 0.3) is 0 Å². The number of hydrogen-bond donors (Lipinski definition) is 2. The van der Waals surface area contributed by atoms with Crippen molar-refractivity contribution in [2.75, 3.05) is 21.3 Å². The minimum atomic E-state index is 0.383. The van der Waals surface area contributed by atoms with Crippen LogP contribution in [0, 0.1) is 0 Å². The van der Waals surface area contributed by atoms with Crippen molar-refractivity contribution >= 4 is 21.9 Å². The molecule has 0 aliphatic heterocycles. The molecular formula is C15H24BrN3O2. The third kappa shape index (κ3) is 5.12. The number of methoxy groups -OCH3 is 2. The minimum Gasteiger partial charge on any atom is -0.493 e. The molecule has 1 atom stereocenters. The van der Waals surface area contributed by atoms with Crippen molar-refractivity contribution in [2.24, 2.45) is 4.99 Å². The van der Waals surface area contributed by atoms with E-state index in [1.807, 2.05) is 12.1 Å². The van der Waals surface area contributed by atoms with E-state index in [0.29, 0.717) is 24.1 Å². The van der Waals surface area contributed by atoms with E-state index in [-0.39, 0.29) is 0 Å². The van der Waals surface area contributed by atoms with Gasteiger partial charge in [-0.1, -0.05) is 6.92 Å². The molecule has 0 saturated carbocycles. The molecular weight excluding hydrogens is 334 g/mol. The van der Waals surface area contributed by atoms with Gasteiger partial charge in [0, 0.05) is 19.6 Å². The molecule has 1 aromatic carbocycles. The van der Waals surface area contributed by atoms with E-state index in [1.165, 1.54) is 0 Å². The van der Waals surface area contributed by atoms with Crippen molar-refractivity contribution in [2.45, 2.75) is 32.9 Å². The van der Waals surface area contributed by atoms with Crippen LogP contribution in [0.4, 0.5) is 0 Å². The molecule has 5 nitrogen and oxygen atoms in total. The Bertz CT molecular complexity index is 492. The van der Waals surface area contributed by atoms with Gasteiger partial charge in [-0.3, -0.25) is 4.99 Å². The van der Waals surface area contributed by atoms with Crippen molar-refractivity contribution < 1.29 is 9.47 Å². The molecule has 6 heteroatoms. The van der Waals surface area contributed by atoms with Gasteiger partial charge in [-0.25, -0.2) is 0 Å². The predicted octanol–water partition coefficient (Wildman–Crippen LogP) is 2.93. The first kappa shape index (κ1) is 17.6. The first-order valence-corrected chi connectivity index (χ1v) is 7.72. The lowest BCUT2D eigenvalue weighted by Crippen LogP contribution is -2.41. The Morgan fingerprint density at radius 1 is 1.33 bits per heavy atom. The number of rotatable bonds is 6. The lowest BCUT2D eigenvalue weighted by molar-refractivity contribution is 0.352. The van der Waals surface area contributed by atoms with Crippen LogP contribution in [0.15, 0.2) is 21.6 Å². The van der Waals surface area contributed by atoms with Gasteiger partial charge in [-0.15, -0.1) is 0 Å². The van der Waals surface area contributed by atoms with Crippen LogP contribution >= 0.6 is 15.9 Å². The van der Waals surface area contributed by atoms with Crippen LogP contribution in [-0.2, 0) is 6.54 Å². The van der Waals surface area contributed by atoms with Gasteiger partial charge >= 0.3 is 0 Å². The molecule has 0 aliphatic rings. The van der Waals surface area contributed by atoms with Crippen molar-refractivity contribution in [3.8, 4) is 11.5 Å². The number of ether oxygens (including phenoxy) is 2. The summed E-state index contributed by atoms with van der Waals surface area (Å²) in [4.78, 5) is 4.22. The fourth-order valence-corrected chi connectivity index (χ4v) is 2.44. The molecule has 1 aromatic rings. The summed E-state index contributed by atoms with van der Waals surface area (Å²) >= 11 is 3.50. The zero-order chi connectivity index (χ0) is 15.8. The second kappa shape index (κ2) is 8.77. The van der Waals surface area contributed by atoms with E-state index < -0.39 is 0 Å². The largest absolute Gasteiger partial charge is 0.493 e. The number of nitrogens with one attached hydrogen (secondary N) is 2. The van der Waals surface area contributed by atoms with Gasteiger partial charge in [0.2, 0.25) is 0 Å². The third-order valence-corrected chi connectivity index (χ3v) is 3.76. The quantitative estimate of drug-likeness (QED) is 0.607. The summed E-state index contributed by atoms with van der Waals surface area (Å²) in [6.45, 7) is 4.91. The Hall–Kier alpha value is -1.43. The number of aliphatic imine (C=N–C) groups is 1. The summed E-state index contributed by atoms with van der Waals surface area (Å²) < 4.78 is 11.5. The van der Waals surface area contributed by atoms with E-state index in [9.17, 15) is 0 Å². The zero-order valence-corrected chi connectivity index (χ0v) is 14.9. The van der Waals surface area contributed by atoms with Gasteiger partial charge < -0.3 is 20.1 Å². The second-order valence-electron chi connectivity index (χ2n) is 4.69. The third-order valence-electron chi connectivity index (χ3n) is 3.17. The van der Waals surface area contributed by atoms with Gasteiger partial charge in [-0.2, -0.15) is 0 Å². The maximum atomic E-state index is 5.34. The van der Waals surface area contributed by atoms with Crippen molar-refractivity contribution in [3.63, 3.8) is 0 Å². The van der Waals surface area contributed by atoms with E-state index in [0.717, 1.165) is 22.4 Å². The smallest absolute Gasteiger partial charge is 0.191 e. The van der Waals surface area contributed by atoms with Gasteiger partial charge in [-0.05, 0) is 47.0 Å². The van der Waals surface area contributed by atoms with E-state index in [4.69, 9.17) is 9.47 Å². The summed E-state index contributed by atoms with van der Waals surface area (Å²) in [5.74, 6) is 2.19. The second-order valence-corrected chi connectivity index (χ2v) is 5.55. The highest BCUT2D eigenvalue weighted by molar-refractivity contribution is 9.10. The number of nitrogens with zero attached hydrogens (tertiary/aromatic N) is 1. The number of halogens is 1. The molecule has 118 valence electrons. The summed E-state index contributed by atoms with van der Waals surface area (Å²) in [6.07, 6.45) is 1.04. The van der Waals surface area contributed by atoms with E-state index in [2.05, 4.69) is 45.4 Å². The maximum absolute atomic E-state index is 5.34. The molecule has 0 heterocycles. The van der Waals surface area contributed by atoms with Gasteiger partial charge in [0.25, 0.3) is 0 Å². The predicted molar refractivity (Wildman–Crippen MR) is 90.3 cm³/mol. The van der Waals surface area contributed by atoms with Crippen molar-refractivity contribution in [1.82, 2.24) is 10.6 Å². The first-order valence-electron chi connectivity index (χ1n) is 6.93. The Morgan fingerprint density at radius 3 is 2.57 bits per heavy atom. The average Bonchev–Trinajstić information content (AvgIpc) is 2.50. The van der Waals surface area contributed by atoms with Gasteiger partial charge in [0.15, 0.2) is 17.5 Å². The van der Waals surface area contributed by atoms with Crippen LogP contribution in [0.2, 0.25) is 0 Å². The average molecular weight is 358 g/mol.